The van der Waals surface area contributed by atoms with Crippen LogP contribution in [0.2, 0.25) is 0 Å². The summed E-state index contributed by atoms with van der Waals surface area (Å²) in [5.74, 6) is -1.02. The minimum Gasteiger partial charge on any atom is -0.293 e. The summed E-state index contributed by atoms with van der Waals surface area (Å²) < 4.78 is 41.3. The third kappa shape index (κ3) is 4.54. The smallest absolute Gasteiger partial charge is 0.259 e. The number of anilines is 1. The zero-order valence-electron chi connectivity index (χ0n) is 13.9. The largest absolute Gasteiger partial charge is 0.293 e. The van der Waals surface area contributed by atoms with E-state index in [1.54, 1.807) is 25.3 Å². The number of rotatable bonds is 7. The van der Waals surface area contributed by atoms with E-state index < -0.39 is 26.6 Å². The molecule has 0 radical (unpaired) electrons. The van der Waals surface area contributed by atoms with Crippen molar-refractivity contribution in [2.45, 2.75) is 11.8 Å². The molecule has 0 aliphatic carbocycles. The number of aromatic nitrogens is 1. The van der Waals surface area contributed by atoms with Gasteiger partial charge in [0.25, 0.3) is 5.91 Å². The average Bonchev–Trinajstić information content (AvgIpc) is 2.62. The molecule has 1 N–H and O–H groups in total. The Morgan fingerprint density at radius 2 is 2.12 bits per heavy atom. The van der Waals surface area contributed by atoms with Crippen LogP contribution in [-0.4, -0.2) is 32.4 Å². The lowest BCUT2D eigenvalue weighted by atomic mass is 10.2. The van der Waals surface area contributed by atoms with E-state index in [-0.39, 0.29) is 12.1 Å². The van der Waals surface area contributed by atoms with Crippen LogP contribution in [0, 0.1) is 5.82 Å². The maximum absolute atomic E-state index is 14.0. The number of carbonyl (C=O) groups excluding carboxylic acids is 1. The molecule has 0 fully saturated rings. The van der Waals surface area contributed by atoms with Crippen LogP contribution in [0.15, 0.2) is 58.6 Å². The Bertz CT molecular complexity index is 917. The molecule has 0 unspecified atom stereocenters. The van der Waals surface area contributed by atoms with Crippen molar-refractivity contribution < 1.29 is 17.6 Å². The highest BCUT2D eigenvalue weighted by atomic mass is 79.9. The van der Waals surface area contributed by atoms with Gasteiger partial charge >= 0.3 is 0 Å². The maximum Gasteiger partial charge on any atom is 0.259 e. The molecule has 0 aliphatic rings. The Morgan fingerprint density at radius 3 is 2.69 bits per heavy atom. The first kappa shape index (κ1) is 20.2. The lowest BCUT2D eigenvalue weighted by molar-refractivity contribution is 0.0987. The van der Waals surface area contributed by atoms with E-state index in [2.05, 4.69) is 32.2 Å². The second-order valence-electron chi connectivity index (χ2n) is 5.17. The standard InChI is InChI=1S/C17H17BrFN3O3S/c1-3-9-21-26(24,25)15-10-12(5-7-14(15)19)17(23)22(4-2)16-8-6-13(18)11-20-16/h3,5-8,10-11,21H,1,4,9H2,2H3. The van der Waals surface area contributed by atoms with Gasteiger partial charge in [-0.25, -0.2) is 22.5 Å². The van der Waals surface area contributed by atoms with Crippen LogP contribution in [0.25, 0.3) is 0 Å². The highest BCUT2D eigenvalue weighted by Gasteiger charge is 2.23. The molecule has 1 heterocycles. The van der Waals surface area contributed by atoms with Crippen LogP contribution < -0.4 is 9.62 Å². The van der Waals surface area contributed by atoms with Gasteiger partial charge < -0.3 is 0 Å². The Balaban J connectivity index is 2.41. The summed E-state index contributed by atoms with van der Waals surface area (Å²) >= 11 is 3.27. The van der Waals surface area contributed by atoms with Gasteiger partial charge in [0, 0.05) is 29.3 Å². The molecule has 1 amide bonds. The van der Waals surface area contributed by atoms with E-state index in [1.165, 1.54) is 17.0 Å². The lowest BCUT2D eigenvalue weighted by Gasteiger charge is -2.20. The van der Waals surface area contributed by atoms with Crippen molar-refractivity contribution >= 4 is 37.7 Å². The van der Waals surface area contributed by atoms with Crippen molar-refractivity contribution in [3.8, 4) is 0 Å². The highest BCUT2D eigenvalue weighted by Crippen LogP contribution is 2.21. The summed E-state index contributed by atoms with van der Waals surface area (Å²) in [5.41, 5.74) is 0.0388. The van der Waals surface area contributed by atoms with Gasteiger partial charge in [0.05, 0.1) is 0 Å². The summed E-state index contributed by atoms with van der Waals surface area (Å²) in [5, 5.41) is 0. The Morgan fingerprint density at radius 1 is 1.38 bits per heavy atom. The topological polar surface area (TPSA) is 79.4 Å². The number of benzene rings is 1. The molecular formula is C17H17BrFN3O3S. The maximum atomic E-state index is 14.0. The normalized spacial score (nSPS) is 11.2. The Labute approximate surface area is 159 Å². The summed E-state index contributed by atoms with van der Waals surface area (Å²) in [7, 11) is -4.10. The van der Waals surface area contributed by atoms with Crippen molar-refractivity contribution in [1.29, 1.82) is 0 Å². The van der Waals surface area contributed by atoms with Crippen molar-refractivity contribution in [2.24, 2.45) is 0 Å². The van der Waals surface area contributed by atoms with Crippen molar-refractivity contribution in [1.82, 2.24) is 9.71 Å². The minimum atomic E-state index is -4.10. The first-order valence-corrected chi connectivity index (χ1v) is 9.91. The van der Waals surface area contributed by atoms with Gasteiger partial charge in [-0.05, 0) is 53.2 Å². The Hall–Kier alpha value is -2.10. The second-order valence-corrected chi connectivity index (χ2v) is 7.82. The Kier molecular flexibility index (Phi) is 6.63. The number of nitrogens with one attached hydrogen (secondary N) is 1. The van der Waals surface area contributed by atoms with Crippen LogP contribution in [0.5, 0.6) is 0 Å². The molecular weight excluding hydrogens is 425 g/mol. The molecule has 0 atom stereocenters. The SMILES string of the molecule is C=CCNS(=O)(=O)c1cc(C(=O)N(CC)c2ccc(Br)cn2)ccc1F. The summed E-state index contributed by atoms with van der Waals surface area (Å²) in [4.78, 5) is 17.7. The summed E-state index contributed by atoms with van der Waals surface area (Å²) in [6.45, 7) is 5.42. The fourth-order valence-electron chi connectivity index (χ4n) is 2.18. The van der Waals surface area contributed by atoms with Gasteiger partial charge in [0.2, 0.25) is 10.0 Å². The van der Waals surface area contributed by atoms with Crippen LogP contribution >= 0.6 is 15.9 Å². The number of nitrogens with zero attached hydrogens (tertiary/aromatic N) is 2. The number of hydrogen-bond donors (Lipinski definition) is 1. The molecule has 1 aromatic heterocycles. The molecule has 0 saturated heterocycles. The van der Waals surface area contributed by atoms with E-state index in [0.717, 1.165) is 16.6 Å². The van der Waals surface area contributed by atoms with Gasteiger partial charge in [-0.3, -0.25) is 9.69 Å². The van der Waals surface area contributed by atoms with Crippen molar-refractivity contribution in [3.63, 3.8) is 0 Å². The molecule has 0 aliphatic heterocycles. The molecule has 2 aromatic rings. The number of pyridine rings is 1. The molecule has 0 spiro atoms. The third-order valence-electron chi connectivity index (χ3n) is 3.44. The molecule has 138 valence electrons. The van der Waals surface area contributed by atoms with Crippen molar-refractivity contribution in [2.75, 3.05) is 18.0 Å². The number of sulfonamides is 1. The van der Waals surface area contributed by atoms with Gasteiger partial charge in [0.1, 0.15) is 16.5 Å². The van der Waals surface area contributed by atoms with E-state index in [9.17, 15) is 17.6 Å². The van der Waals surface area contributed by atoms with Crippen molar-refractivity contribution in [3.05, 3.63) is 65.0 Å². The first-order valence-electron chi connectivity index (χ1n) is 7.63. The third-order valence-corrected chi connectivity index (χ3v) is 5.34. The van der Waals surface area contributed by atoms with Crippen LogP contribution in [-0.2, 0) is 10.0 Å². The predicted octanol–water partition coefficient (Wildman–Crippen LogP) is 3.11. The number of amides is 1. The molecule has 1 aromatic carbocycles. The zero-order valence-corrected chi connectivity index (χ0v) is 16.3. The zero-order chi connectivity index (χ0) is 19.3. The quantitative estimate of drug-likeness (QED) is 0.669. The lowest BCUT2D eigenvalue weighted by Crippen LogP contribution is -2.32. The van der Waals surface area contributed by atoms with Gasteiger partial charge in [-0.2, -0.15) is 0 Å². The molecule has 9 heteroatoms. The summed E-state index contributed by atoms with van der Waals surface area (Å²) in [6, 6.07) is 6.60. The molecule has 0 saturated carbocycles. The van der Waals surface area contributed by atoms with Gasteiger partial charge in [0.15, 0.2) is 0 Å². The van der Waals surface area contributed by atoms with E-state index in [0.29, 0.717) is 12.4 Å². The summed E-state index contributed by atoms with van der Waals surface area (Å²) in [6.07, 6.45) is 2.88. The molecule has 0 bridgehead atoms. The number of hydrogen-bond acceptors (Lipinski definition) is 4. The van der Waals surface area contributed by atoms with E-state index in [4.69, 9.17) is 0 Å². The van der Waals surface area contributed by atoms with Crippen LogP contribution in [0.1, 0.15) is 17.3 Å². The monoisotopic (exact) mass is 441 g/mol. The molecule has 2 rings (SSSR count). The number of halogens is 2. The van der Waals surface area contributed by atoms with E-state index in [1.807, 2.05) is 0 Å². The molecule has 6 nitrogen and oxygen atoms in total. The fraction of sp³-hybridized carbons (Fsp3) is 0.176. The van der Waals surface area contributed by atoms with Gasteiger partial charge in [-0.15, -0.1) is 6.58 Å². The van der Waals surface area contributed by atoms with Crippen LogP contribution in [0.4, 0.5) is 10.2 Å². The predicted molar refractivity (Wildman–Crippen MR) is 101 cm³/mol. The average molecular weight is 442 g/mol. The van der Waals surface area contributed by atoms with Gasteiger partial charge in [-0.1, -0.05) is 6.08 Å². The minimum absolute atomic E-state index is 0.0388. The highest BCUT2D eigenvalue weighted by molar-refractivity contribution is 9.10. The number of carbonyl (C=O) groups is 1. The first-order chi connectivity index (χ1) is 12.3. The second kappa shape index (κ2) is 8.52. The fourth-order valence-corrected chi connectivity index (χ4v) is 3.52. The van der Waals surface area contributed by atoms with E-state index >= 15 is 0 Å². The van der Waals surface area contributed by atoms with Crippen LogP contribution in [0.3, 0.4) is 0 Å². The molecule has 26 heavy (non-hydrogen) atoms.